The number of hydrogen-bond donors (Lipinski definition) is 0. The van der Waals surface area contributed by atoms with Crippen molar-refractivity contribution in [3.63, 3.8) is 0 Å². The van der Waals surface area contributed by atoms with Crippen molar-refractivity contribution in [1.29, 1.82) is 5.26 Å². The van der Waals surface area contributed by atoms with Gasteiger partial charge in [0.2, 0.25) is 0 Å². The average molecular weight is 243 g/mol. The van der Waals surface area contributed by atoms with E-state index in [4.69, 9.17) is 10.00 Å². The fourth-order valence-electron chi connectivity index (χ4n) is 2.49. The van der Waals surface area contributed by atoms with Crippen molar-refractivity contribution in [2.24, 2.45) is 5.41 Å². The fraction of sp³-hybridized carbons (Fsp3) is 0.357. The summed E-state index contributed by atoms with van der Waals surface area (Å²) in [6, 6.07) is 9.15. The zero-order valence-electron chi connectivity index (χ0n) is 10.1. The molecule has 0 bridgehead atoms. The predicted octanol–water partition coefficient (Wildman–Crippen LogP) is 1.89. The standard InChI is InChI=1S/C14H13NO3/c1-18-13(17)14(7-4-8-15)9-10-5-2-3-6-11(10)12(14)16/h2-3,5-6H,4,7,9H2,1H3. The van der Waals surface area contributed by atoms with Gasteiger partial charge < -0.3 is 4.74 Å². The first-order chi connectivity index (χ1) is 8.65. The first-order valence-electron chi connectivity index (χ1n) is 5.74. The van der Waals surface area contributed by atoms with Crippen LogP contribution in [0, 0.1) is 16.7 Å². The maximum absolute atomic E-state index is 12.4. The van der Waals surface area contributed by atoms with Gasteiger partial charge in [0.25, 0.3) is 0 Å². The van der Waals surface area contributed by atoms with Crippen LogP contribution in [0.4, 0.5) is 0 Å². The van der Waals surface area contributed by atoms with Gasteiger partial charge in [0.05, 0.1) is 13.2 Å². The van der Waals surface area contributed by atoms with E-state index in [-0.39, 0.29) is 18.6 Å². The van der Waals surface area contributed by atoms with E-state index in [1.54, 1.807) is 12.1 Å². The van der Waals surface area contributed by atoms with Gasteiger partial charge in [-0.15, -0.1) is 0 Å². The molecule has 1 aliphatic carbocycles. The van der Waals surface area contributed by atoms with Crippen LogP contribution in [-0.2, 0) is 16.0 Å². The van der Waals surface area contributed by atoms with E-state index in [9.17, 15) is 9.59 Å². The Labute approximate surface area is 105 Å². The summed E-state index contributed by atoms with van der Waals surface area (Å²) in [5.41, 5.74) is 0.223. The van der Waals surface area contributed by atoms with Crippen molar-refractivity contribution in [3.05, 3.63) is 35.4 Å². The van der Waals surface area contributed by atoms with E-state index in [1.165, 1.54) is 7.11 Å². The summed E-state index contributed by atoms with van der Waals surface area (Å²) in [6.45, 7) is 0. The third-order valence-electron chi connectivity index (χ3n) is 3.43. The summed E-state index contributed by atoms with van der Waals surface area (Å²) in [7, 11) is 1.27. The van der Waals surface area contributed by atoms with Gasteiger partial charge in [-0.25, -0.2) is 0 Å². The number of carbonyl (C=O) groups excluding carboxylic acids is 2. The molecule has 0 radical (unpaired) electrons. The number of ether oxygens (including phenoxy) is 1. The number of esters is 1. The number of fused-ring (bicyclic) bond motifs is 1. The lowest BCUT2D eigenvalue weighted by molar-refractivity contribution is -0.149. The lowest BCUT2D eigenvalue weighted by atomic mass is 9.79. The molecule has 0 spiro atoms. The minimum absolute atomic E-state index is 0.162. The van der Waals surface area contributed by atoms with E-state index in [1.807, 2.05) is 18.2 Å². The maximum atomic E-state index is 12.4. The largest absolute Gasteiger partial charge is 0.468 e. The molecular weight excluding hydrogens is 230 g/mol. The fourth-order valence-corrected chi connectivity index (χ4v) is 2.49. The van der Waals surface area contributed by atoms with Crippen LogP contribution in [0.5, 0.6) is 0 Å². The molecule has 1 unspecified atom stereocenters. The minimum Gasteiger partial charge on any atom is -0.468 e. The molecule has 0 aliphatic heterocycles. The summed E-state index contributed by atoms with van der Waals surface area (Å²) < 4.78 is 4.77. The van der Waals surface area contributed by atoms with Crippen molar-refractivity contribution in [2.75, 3.05) is 7.11 Å². The molecule has 4 heteroatoms. The van der Waals surface area contributed by atoms with Gasteiger partial charge in [0.15, 0.2) is 5.78 Å². The Kier molecular flexibility index (Phi) is 3.15. The van der Waals surface area contributed by atoms with Crippen molar-refractivity contribution < 1.29 is 14.3 Å². The first kappa shape index (κ1) is 12.3. The average Bonchev–Trinajstić information content (AvgIpc) is 2.70. The Morgan fingerprint density at radius 3 is 2.83 bits per heavy atom. The van der Waals surface area contributed by atoms with Crippen molar-refractivity contribution in [2.45, 2.75) is 19.3 Å². The SMILES string of the molecule is COC(=O)C1(CCC#N)Cc2ccccc2C1=O. The van der Waals surface area contributed by atoms with Crippen LogP contribution >= 0.6 is 0 Å². The molecule has 0 aromatic heterocycles. The molecule has 0 fully saturated rings. The van der Waals surface area contributed by atoms with Crippen LogP contribution in [0.2, 0.25) is 0 Å². The van der Waals surface area contributed by atoms with Crippen molar-refractivity contribution >= 4 is 11.8 Å². The third kappa shape index (κ3) is 1.68. The third-order valence-corrected chi connectivity index (χ3v) is 3.43. The molecule has 4 nitrogen and oxygen atoms in total. The molecule has 1 aliphatic rings. The topological polar surface area (TPSA) is 67.2 Å². The zero-order valence-corrected chi connectivity index (χ0v) is 10.1. The van der Waals surface area contributed by atoms with Crippen LogP contribution < -0.4 is 0 Å². The quantitative estimate of drug-likeness (QED) is 0.600. The van der Waals surface area contributed by atoms with Gasteiger partial charge in [-0.2, -0.15) is 5.26 Å². The maximum Gasteiger partial charge on any atom is 0.320 e. The van der Waals surface area contributed by atoms with Crippen molar-refractivity contribution in [1.82, 2.24) is 0 Å². The number of carbonyl (C=O) groups is 2. The summed E-state index contributed by atoms with van der Waals surface area (Å²) in [5.74, 6) is -0.765. The Hall–Kier alpha value is -2.15. The Bertz CT molecular complexity index is 544. The minimum atomic E-state index is -1.20. The summed E-state index contributed by atoms with van der Waals surface area (Å²) in [5, 5.41) is 8.69. The van der Waals surface area contributed by atoms with Crippen molar-refractivity contribution in [3.8, 4) is 6.07 Å². The molecule has 0 heterocycles. The molecule has 2 rings (SSSR count). The number of methoxy groups -OCH3 is 1. The zero-order chi connectivity index (χ0) is 13.2. The van der Waals surface area contributed by atoms with Gasteiger partial charge >= 0.3 is 5.97 Å². The normalized spacial score (nSPS) is 21.2. The Morgan fingerprint density at radius 1 is 1.50 bits per heavy atom. The number of Topliss-reactive ketones (excluding diaryl/α,β-unsaturated/α-hetero) is 1. The highest BCUT2D eigenvalue weighted by molar-refractivity contribution is 6.16. The molecule has 0 N–H and O–H groups in total. The monoisotopic (exact) mass is 243 g/mol. The molecule has 1 aromatic rings. The van der Waals surface area contributed by atoms with Gasteiger partial charge in [0.1, 0.15) is 5.41 Å². The number of nitrogens with zero attached hydrogens (tertiary/aromatic N) is 1. The van der Waals surface area contributed by atoms with E-state index in [0.717, 1.165) is 5.56 Å². The molecule has 0 saturated heterocycles. The second kappa shape index (κ2) is 4.61. The molecule has 92 valence electrons. The highest BCUT2D eigenvalue weighted by atomic mass is 16.5. The van der Waals surface area contributed by atoms with Crippen LogP contribution in [0.25, 0.3) is 0 Å². The molecule has 0 amide bonds. The van der Waals surface area contributed by atoms with Crippen LogP contribution in [0.3, 0.4) is 0 Å². The number of hydrogen-bond acceptors (Lipinski definition) is 4. The molecule has 18 heavy (non-hydrogen) atoms. The first-order valence-corrected chi connectivity index (χ1v) is 5.74. The van der Waals surface area contributed by atoms with E-state index in [0.29, 0.717) is 12.0 Å². The summed E-state index contributed by atoms with van der Waals surface area (Å²) in [4.78, 5) is 24.4. The lowest BCUT2D eigenvalue weighted by Crippen LogP contribution is -2.38. The predicted molar refractivity (Wildman–Crippen MR) is 63.8 cm³/mol. The summed E-state index contributed by atoms with van der Waals surface area (Å²) in [6.07, 6.45) is 0.703. The molecule has 1 atom stereocenters. The molecule has 0 saturated carbocycles. The number of rotatable bonds is 3. The van der Waals surface area contributed by atoms with Crippen LogP contribution in [0.15, 0.2) is 24.3 Å². The second-order valence-electron chi connectivity index (χ2n) is 4.39. The second-order valence-corrected chi connectivity index (χ2v) is 4.39. The number of benzene rings is 1. The highest BCUT2D eigenvalue weighted by Crippen LogP contribution is 2.41. The van der Waals surface area contributed by atoms with Gasteiger partial charge in [-0.3, -0.25) is 9.59 Å². The highest BCUT2D eigenvalue weighted by Gasteiger charge is 2.51. The lowest BCUT2D eigenvalue weighted by Gasteiger charge is -2.22. The number of nitriles is 1. The smallest absolute Gasteiger partial charge is 0.320 e. The van der Waals surface area contributed by atoms with E-state index < -0.39 is 11.4 Å². The molecular formula is C14H13NO3. The molecule has 1 aromatic carbocycles. The van der Waals surface area contributed by atoms with Gasteiger partial charge in [-0.1, -0.05) is 24.3 Å². The number of ketones is 1. The van der Waals surface area contributed by atoms with E-state index >= 15 is 0 Å². The van der Waals surface area contributed by atoms with E-state index in [2.05, 4.69) is 0 Å². The van der Waals surface area contributed by atoms with Gasteiger partial charge in [0, 0.05) is 12.0 Å². The van der Waals surface area contributed by atoms with Crippen LogP contribution in [-0.4, -0.2) is 18.9 Å². The van der Waals surface area contributed by atoms with Gasteiger partial charge in [-0.05, 0) is 18.4 Å². The Morgan fingerprint density at radius 2 is 2.22 bits per heavy atom. The summed E-state index contributed by atoms with van der Waals surface area (Å²) >= 11 is 0. The Balaban J connectivity index is 2.44. The van der Waals surface area contributed by atoms with Crippen LogP contribution in [0.1, 0.15) is 28.8 Å².